The molecule has 5 rings (SSSR count). The molecule has 0 bridgehead atoms. The molecule has 0 N–H and O–H groups in total. The van der Waals surface area contributed by atoms with Crippen LogP contribution in [0.4, 0.5) is 0 Å². The van der Waals surface area contributed by atoms with Gasteiger partial charge in [-0.3, -0.25) is 14.4 Å². The molecule has 3 aromatic rings. The highest BCUT2D eigenvalue weighted by atomic mass is 16.6. The Hall–Kier alpha value is -3.28. The molecule has 0 fully saturated rings. The van der Waals surface area contributed by atoms with Crippen LogP contribution in [-0.2, 0) is 32.9 Å². The first kappa shape index (κ1) is 21.6. The third-order valence-corrected chi connectivity index (χ3v) is 7.41. The van der Waals surface area contributed by atoms with Crippen LogP contribution < -0.4 is 5.56 Å². The van der Waals surface area contributed by atoms with Crippen LogP contribution in [0.15, 0.2) is 41.2 Å². The van der Waals surface area contributed by atoms with Crippen molar-refractivity contribution >= 4 is 22.7 Å². The zero-order chi connectivity index (χ0) is 23.5. The van der Waals surface area contributed by atoms with Crippen LogP contribution in [0, 0.1) is 11.8 Å². The lowest BCUT2D eigenvalue weighted by atomic mass is 9.76. The number of Topliss-reactive ketones (excluding diaryl/α,β-unsaturated/α-hetero) is 1. The highest BCUT2D eigenvalue weighted by Gasteiger charge is 2.48. The standard InChI is InChI=1S/C27H28N2O4/c1-5-27(33-26(32)16(4)15(2)3)20-13-22-24-18(12-17-8-6-7-9-21(17)28-24)14-29(22)25(31)19(20)10-11-23(27)30/h6-9,12-13,15-16H,5,10-11,14H2,1-4H3/t16?,27-/m0/s1. The molecule has 170 valence electrons. The number of para-hydroxylation sites is 1. The van der Waals surface area contributed by atoms with Gasteiger partial charge in [0.15, 0.2) is 11.4 Å². The number of pyridine rings is 2. The first-order valence-corrected chi connectivity index (χ1v) is 11.7. The van der Waals surface area contributed by atoms with Crippen LogP contribution in [0.1, 0.15) is 57.2 Å². The second kappa shape index (κ2) is 7.65. The normalized spacial score (nSPS) is 19.8. The van der Waals surface area contributed by atoms with Gasteiger partial charge in [0, 0.05) is 28.5 Å². The van der Waals surface area contributed by atoms with E-state index in [0.29, 0.717) is 29.8 Å². The van der Waals surface area contributed by atoms with Crippen molar-refractivity contribution in [3.05, 3.63) is 63.4 Å². The van der Waals surface area contributed by atoms with Crippen LogP contribution >= 0.6 is 0 Å². The van der Waals surface area contributed by atoms with E-state index in [0.717, 1.165) is 22.2 Å². The number of carbonyl (C=O) groups is 2. The van der Waals surface area contributed by atoms with Gasteiger partial charge in [-0.25, -0.2) is 4.98 Å². The molecular formula is C27H28N2O4. The van der Waals surface area contributed by atoms with Gasteiger partial charge in [0.1, 0.15) is 0 Å². The Morgan fingerprint density at radius 2 is 1.91 bits per heavy atom. The van der Waals surface area contributed by atoms with E-state index in [1.165, 1.54) is 0 Å². The molecule has 2 atom stereocenters. The number of ketones is 1. The Balaban J connectivity index is 1.70. The van der Waals surface area contributed by atoms with Gasteiger partial charge in [-0.05, 0) is 37.0 Å². The Bertz CT molecular complexity index is 1370. The van der Waals surface area contributed by atoms with Crippen LogP contribution in [-0.4, -0.2) is 21.3 Å². The smallest absolute Gasteiger partial charge is 0.310 e. The zero-order valence-corrected chi connectivity index (χ0v) is 19.5. The van der Waals surface area contributed by atoms with E-state index in [2.05, 4.69) is 6.07 Å². The molecule has 1 unspecified atom stereocenters. The molecule has 0 radical (unpaired) electrons. The molecule has 0 spiro atoms. The topological polar surface area (TPSA) is 78.3 Å². The number of aromatic nitrogens is 2. The molecule has 2 aliphatic rings. The third-order valence-electron chi connectivity index (χ3n) is 7.41. The summed E-state index contributed by atoms with van der Waals surface area (Å²) in [5, 5.41) is 1.02. The Labute approximate surface area is 192 Å². The van der Waals surface area contributed by atoms with E-state index in [1.807, 2.05) is 58.0 Å². The van der Waals surface area contributed by atoms with Crippen molar-refractivity contribution < 1.29 is 14.3 Å². The number of rotatable bonds is 4. The molecule has 1 aromatic carbocycles. The van der Waals surface area contributed by atoms with Gasteiger partial charge in [0.05, 0.1) is 29.4 Å². The molecule has 0 amide bonds. The summed E-state index contributed by atoms with van der Waals surface area (Å²) in [4.78, 5) is 44.7. The van der Waals surface area contributed by atoms with E-state index >= 15 is 0 Å². The Kier molecular flexibility index (Phi) is 5.00. The minimum absolute atomic E-state index is 0.0829. The van der Waals surface area contributed by atoms with Crippen molar-refractivity contribution in [1.82, 2.24) is 9.55 Å². The number of nitrogens with zero attached hydrogens (tertiary/aromatic N) is 2. The fourth-order valence-electron chi connectivity index (χ4n) is 5.02. The number of carbonyl (C=O) groups excluding carboxylic acids is 2. The molecule has 1 aliphatic carbocycles. The van der Waals surface area contributed by atoms with Crippen molar-refractivity contribution in [2.75, 3.05) is 0 Å². The number of fused-ring (bicyclic) bond motifs is 5. The molecule has 0 saturated heterocycles. The van der Waals surface area contributed by atoms with Crippen LogP contribution in [0.3, 0.4) is 0 Å². The first-order valence-electron chi connectivity index (χ1n) is 11.7. The van der Waals surface area contributed by atoms with E-state index < -0.39 is 11.6 Å². The van der Waals surface area contributed by atoms with Gasteiger partial charge in [0.25, 0.3) is 5.56 Å². The summed E-state index contributed by atoms with van der Waals surface area (Å²) in [6.45, 7) is 8.00. The van der Waals surface area contributed by atoms with Crippen molar-refractivity contribution in [3.63, 3.8) is 0 Å². The largest absolute Gasteiger partial charge is 0.446 e. The lowest BCUT2D eigenvalue weighted by Crippen LogP contribution is -2.47. The number of hydrogen-bond acceptors (Lipinski definition) is 5. The second-order valence-electron chi connectivity index (χ2n) is 9.56. The summed E-state index contributed by atoms with van der Waals surface area (Å²) < 4.78 is 7.75. The van der Waals surface area contributed by atoms with Gasteiger partial charge in [-0.2, -0.15) is 0 Å². The van der Waals surface area contributed by atoms with Gasteiger partial charge in [0.2, 0.25) is 0 Å². The monoisotopic (exact) mass is 444 g/mol. The van der Waals surface area contributed by atoms with Gasteiger partial charge < -0.3 is 9.30 Å². The van der Waals surface area contributed by atoms with Crippen LogP contribution in [0.2, 0.25) is 0 Å². The summed E-state index contributed by atoms with van der Waals surface area (Å²) >= 11 is 0. The number of hydrogen-bond donors (Lipinski definition) is 0. The highest BCUT2D eigenvalue weighted by Crippen LogP contribution is 2.42. The fourth-order valence-corrected chi connectivity index (χ4v) is 5.02. The van der Waals surface area contributed by atoms with E-state index in [4.69, 9.17) is 9.72 Å². The SMILES string of the molecule is CC[C@@]1(OC(=O)C(C)C(C)C)C(=O)CCc2c1cc1n(c2=O)Cc2cc3ccccc3nc2-1. The van der Waals surface area contributed by atoms with Crippen LogP contribution in [0.25, 0.3) is 22.3 Å². The second-order valence-corrected chi connectivity index (χ2v) is 9.56. The zero-order valence-electron chi connectivity index (χ0n) is 19.5. The van der Waals surface area contributed by atoms with E-state index in [1.54, 1.807) is 4.57 Å². The van der Waals surface area contributed by atoms with E-state index in [9.17, 15) is 14.4 Å². The van der Waals surface area contributed by atoms with Crippen molar-refractivity contribution in [1.29, 1.82) is 0 Å². The molecular weight excluding hydrogens is 416 g/mol. The fraction of sp³-hybridized carbons (Fsp3) is 0.407. The summed E-state index contributed by atoms with van der Waals surface area (Å²) in [5.41, 5.74) is 2.81. The minimum Gasteiger partial charge on any atom is -0.446 e. The number of benzene rings is 1. The molecule has 1 aliphatic heterocycles. The van der Waals surface area contributed by atoms with Crippen LogP contribution in [0.5, 0.6) is 0 Å². The van der Waals surface area contributed by atoms with Crippen molar-refractivity contribution in [3.8, 4) is 11.4 Å². The summed E-state index contributed by atoms with van der Waals surface area (Å²) in [6, 6.07) is 11.8. The quantitative estimate of drug-likeness (QED) is 0.437. The maximum atomic E-state index is 13.6. The highest BCUT2D eigenvalue weighted by molar-refractivity contribution is 5.94. The summed E-state index contributed by atoms with van der Waals surface area (Å²) in [6.07, 6.45) is 0.836. The molecule has 6 nitrogen and oxygen atoms in total. The number of ether oxygens (including phenoxy) is 1. The molecule has 33 heavy (non-hydrogen) atoms. The third kappa shape index (κ3) is 3.15. The predicted octanol–water partition coefficient (Wildman–Crippen LogP) is 4.38. The summed E-state index contributed by atoms with van der Waals surface area (Å²) in [7, 11) is 0. The minimum atomic E-state index is -1.43. The predicted molar refractivity (Wildman–Crippen MR) is 126 cm³/mol. The van der Waals surface area contributed by atoms with Crippen molar-refractivity contribution in [2.45, 2.75) is 59.1 Å². The summed E-state index contributed by atoms with van der Waals surface area (Å²) in [5.74, 6) is -0.815. The molecule has 2 aromatic heterocycles. The van der Waals surface area contributed by atoms with E-state index in [-0.39, 0.29) is 36.0 Å². The molecule has 0 saturated carbocycles. The van der Waals surface area contributed by atoms with Gasteiger partial charge in [-0.15, -0.1) is 0 Å². The lowest BCUT2D eigenvalue weighted by molar-refractivity contribution is -0.175. The maximum absolute atomic E-state index is 13.6. The average Bonchev–Trinajstić information content (AvgIpc) is 3.16. The average molecular weight is 445 g/mol. The Morgan fingerprint density at radius 3 is 2.64 bits per heavy atom. The lowest BCUT2D eigenvalue weighted by Gasteiger charge is -2.37. The molecule has 3 heterocycles. The number of esters is 1. The van der Waals surface area contributed by atoms with Crippen molar-refractivity contribution in [2.24, 2.45) is 11.8 Å². The maximum Gasteiger partial charge on any atom is 0.310 e. The molecule has 6 heteroatoms. The Morgan fingerprint density at radius 1 is 1.15 bits per heavy atom. The van der Waals surface area contributed by atoms with Gasteiger partial charge in [-0.1, -0.05) is 45.9 Å². The van der Waals surface area contributed by atoms with Gasteiger partial charge >= 0.3 is 5.97 Å². The first-order chi connectivity index (χ1) is 15.8.